The average molecular weight is 348 g/mol. The van der Waals surface area contributed by atoms with Crippen molar-refractivity contribution >= 4 is 33.5 Å². The lowest BCUT2D eigenvalue weighted by Crippen LogP contribution is -2.01. The minimum atomic E-state index is -0.302. The summed E-state index contributed by atoms with van der Waals surface area (Å²) in [6.45, 7) is 0. The van der Waals surface area contributed by atoms with Crippen molar-refractivity contribution in [2.75, 3.05) is 0 Å². The number of fused-ring (bicyclic) bond motifs is 3. The van der Waals surface area contributed by atoms with Crippen LogP contribution >= 0.6 is 11.8 Å². The summed E-state index contributed by atoms with van der Waals surface area (Å²) in [4.78, 5) is 16.5. The smallest absolute Gasteiger partial charge is 0.336 e. The van der Waals surface area contributed by atoms with Gasteiger partial charge in [0.05, 0.1) is 0 Å². The highest BCUT2D eigenvalue weighted by atomic mass is 32.2. The maximum atomic E-state index is 12.0. The molecule has 0 unspecified atom stereocenters. The van der Waals surface area contributed by atoms with Crippen LogP contribution in [0.4, 0.5) is 0 Å². The first-order valence-corrected chi connectivity index (χ1v) is 9.38. The number of aromatic nitrogens is 2. The highest BCUT2D eigenvalue weighted by Crippen LogP contribution is 2.38. The van der Waals surface area contributed by atoms with Gasteiger partial charge in [0.2, 0.25) is 0 Å². The van der Waals surface area contributed by atoms with Gasteiger partial charge in [0.25, 0.3) is 0 Å². The predicted octanol–water partition coefficient (Wildman–Crippen LogP) is 4.77. The van der Waals surface area contributed by atoms with E-state index in [1.165, 1.54) is 12.8 Å². The zero-order valence-electron chi connectivity index (χ0n) is 13.5. The third-order valence-corrected chi connectivity index (χ3v) is 5.67. The fourth-order valence-electron chi connectivity index (χ4n) is 3.32. The SMILES string of the molecule is O=c1cc(CSc2nccn2C2CC2)c2c(ccc3ccccc32)o1. The second-order valence-electron chi connectivity index (χ2n) is 6.39. The first-order chi connectivity index (χ1) is 12.3. The molecule has 1 aliphatic carbocycles. The van der Waals surface area contributed by atoms with Crippen LogP contribution in [0.5, 0.6) is 0 Å². The fourth-order valence-corrected chi connectivity index (χ4v) is 4.32. The van der Waals surface area contributed by atoms with E-state index in [9.17, 15) is 4.79 Å². The Balaban J connectivity index is 1.60. The van der Waals surface area contributed by atoms with E-state index >= 15 is 0 Å². The van der Waals surface area contributed by atoms with Gasteiger partial charge in [-0.05, 0) is 35.2 Å². The highest BCUT2D eigenvalue weighted by Gasteiger charge is 2.25. The molecule has 5 heteroatoms. The lowest BCUT2D eigenvalue weighted by molar-refractivity contribution is 0.560. The van der Waals surface area contributed by atoms with Crippen LogP contribution in [0.1, 0.15) is 24.4 Å². The molecule has 1 saturated carbocycles. The maximum absolute atomic E-state index is 12.0. The van der Waals surface area contributed by atoms with Crippen LogP contribution in [0, 0.1) is 0 Å². The molecule has 1 fully saturated rings. The molecule has 4 aromatic rings. The van der Waals surface area contributed by atoms with Gasteiger partial charge in [-0.25, -0.2) is 9.78 Å². The van der Waals surface area contributed by atoms with Crippen molar-refractivity contribution in [3.05, 3.63) is 70.8 Å². The van der Waals surface area contributed by atoms with Crippen LogP contribution in [0.3, 0.4) is 0 Å². The van der Waals surface area contributed by atoms with Gasteiger partial charge < -0.3 is 8.98 Å². The molecule has 0 spiro atoms. The van der Waals surface area contributed by atoms with E-state index in [4.69, 9.17) is 4.42 Å². The molecule has 25 heavy (non-hydrogen) atoms. The molecule has 0 atom stereocenters. The van der Waals surface area contributed by atoms with Gasteiger partial charge in [-0.15, -0.1) is 0 Å². The van der Waals surface area contributed by atoms with Crippen LogP contribution in [0.15, 0.2) is 69.2 Å². The zero-order valence-corrected chi connectivity index (χ0v) is 14.3. The van der Waals surface area contributed by atoms with Crippen LogP contribution in [-0.2, 0) is 5.75 Å². The first kappa shape index (κ1) is 14.8. The van der Waals surface area contributed by atoms with Crippen molar-refractivity contribution in [1.29, 1.82) is 0 Å². The number of hydrogen-bond acceptors (Lipinski definition) is 4. The zero-order chi connectivity index (χ0) is 16.8. The molecule has 124 valence electrons. The van der Waals surface area contributed by atoms with E-state index in [0.717, 1.165) is 26.9 Å². The Morgan fingerprint density at radius 2 is 2.08 bits per heavy atom. The first-order valence-electron chi connectivity index (χ1n) is 8.40. The van der Waals surface area contributed by atoms with Gasteiger partial charge in [-0.2, -0.15) is 0 Å². The molecule has 2 aromatic carbocycles. The third kappa shape index (κ3) is 2.65. The second-order valence-corrected chi connectivity index (χ2v) is 7.33. The molecule has 0 radical (unpaired) electrons. The number of rotatable bonds is 4. The van der Waals surface area contributed by atoms with Crippen LogP contribution < -0.4 is 5.63 Å². The van der Waals surface area contributed by atoms with E-state index < -0.39 is 0 Å². The molecule has 1 aliphatic rings. The standard InChI is InChI=1S/C20H16N2O2S/c23-18-11-14(12-25-20-21-9-10-22(20)15-6-7-15)19-16-4-2-1-3-13(16)5-8-17(19)24-18/h1-5,8-11,15H,6-7,12H2. The Morgan fingerprint density at radius 3 is 2.96 bits per heavy atom. The molecule has 4 nitrogen and oxygen atoms in total. The molecule has 0 aliphatic heterocycles. The number of imidazole rings is 1. The molecule has 0 bridgehead atoms. The van der Waals surface area contributed by atoms with Crippen molar-refractivity contribution in [2.24, 2.45) is 0 Å². The Hall–Kier alpha value is -2.53. The van der Waals surface area contributed by atoms with Gasteiger partial charge in [0.1, 0.15) is 5.58 Å². The molecule has 2 heterocycles. The molecular weight excluding hydrogens is 332 g/mol. The van der Waals surface area contributed by atoms with Crippen molar-refractivity contribution < 1.29 is 4.42 Å². The van der Waals surface area contributed by atoms with Gasteiger partial charge in [0.15, 0.2) is 5.16 Å². The molecule has 5 rings (SSSR count). The molecule has 2 aromatic heterocycles. The van der Waals surface area contributed by atoms with Crippen molar-refractivity contribution in [2.45, 2.75) is 29.8 Å². The summed E-state index contributed by atoms with van der Waals surface area (Å²) in [5.41, 5.74) is 1.34. The predicted molar refractivity (Wildman–Crippen MR) is 100 cm³/mol. The minimum Gasteiger partial charge on any atom is -0.423 e. The number of nitrogens with zero attached hydrogens (tertiary/aromatic N) is 2. The molecule has 0 amide bonds. The Labute approximate surface area is 148 Å². The van der Waals surface area contributed by atoms with Crippen molar-refractivity contribution in [3.8, 4) is 0 Å². The normalized spacial score (nSPS) is 14.4. The summed E-state index contributed by atoms with van der Waals surface area (Å²) < 4.78 is 7.68. The molecule has 0 N–H and O–H groups in total. The summed E-state index contributed by atoms with van der Waals surface area (Å²) in [6, 6.07) is 14.3. The fraction of sp³-hybridized carbons (Fsp3) is 0.200. The minimum absolute atomic E-state index is 0.302. The average Bonchev–Trinajstić information content (AvgIpc) is 3.37. The second kappa shape index (κ2) is 5.77. The van der Waals surface area contributed by atoms with Crippen LogP contribution in [0.25, 0.3) is 21.7 Å². The third-order valence-electron chi connectivity index (χ3n) is 4.64. The maximum Gasteiger partial charge on any atom is 0.336 e. The lowest BCUT2D eigenvalue weighted by atomic mass is 10.0. The van der Waals surface area contributed by atoms with E-state index in [1.54, 1.807) is 17.8 Å². The summed E-state index contributed by atoms with van der Waals surface area (Å²) in [7, 11) is 0. The number of thioether (sulfide) groups is 1. The summed E-state index contributed by atoms with van der Waals surface area (Å²) in [6.07, 6.45) is 6.36. The number of benzene rings is 2. The largest absolute Gasteiger partial charge is 0.423 e. The van der Waals surface area contributed by atoms with Crippen molar-refractivity contribution in [1.82, 2.24) is 9.55 Å². The number of hydrogen-bond donors (Lipinski definition) is 0. The topological polar surface area (TPSA) is 48.0 Å². The van der Waals surface area contributed by atoms with E-state index in [2.05, 4.69) is 21.7 Å². The monoisotopic (exact) mass is 348 g/mol. The van der Waals surface area contributed by atoms with E-state index in [-0.39, 0.29) is 5.63 Å². The van der Waals surface area contributed by atoms with Crippen LogP contribution in [0.2, 0.25) is 0 Å². The van der Waals surface area contributed by atoms with Crippen molar-refractivity contribution in [3.63, 3.8) is 0 Å². The highest BCUT2D eigenvalue weighted by molar-refractivity contribution is 7.98. The molecular formula is C20H16N2O2S. The van der Waals surface area contributed by atoms with E-state index in [1.807, 2.05) is 36.7 Å². The summed E-state index contributed by atoms with van der Waals surface area (Å²) in [5, 5.41) is 4.30. The van der Waals surface area contributed by atoms with Gasteiger partial charge in [-0.1, -0.05) is 42.1 Å². The Bertz CT molecular complexity index is 1140. The summed E-state index contributed by atoms with van der Waals surface area (Å²) >= 11 is 1.68. The Morgan fingerprint density at radius 1 is 1.20 bits per heavy atom. The Kier molecular flexibility index (Phi) is 3.41. The van der Waals surface area contributed by atoms with Gasteiger partial charge in [0, 0.05) is 35.6 Å². The quantitative estimate of drug-likeness (QED) is 0.303. The molecule has 0 saturated heterocycles. The lowest BCUT2D eigenvalue weighted by Gasteiger charge is -2.09. The van der Waals surface area contributed by atoms with Gasteiger partial charge >= 0.3 is 5.63 Å². The summed E-state index contributed by atoms with van der Waals surface area (Å²) in [5.74, 6) is 0.694. The van der Waals surface area contributed by atoms with Crippen LogP contribution in [-0.4, -0.2) is 9.55 Å². The van der Waals surface area contributed by atoms with E-state index in [0.29, 0.717) is 17.4 Å². The van der Waals surface area contributed by atoms with Gasteiger partial charge in [-0.3, -0.25) is 0 Å².